The van der Waals surface area contributed by atoms with Crippen LogP contribution < -0.4 is 5.32 Å². The van der Waals surface area contributed by atoms with Crippen molar-refractivity contribution in [3.05, 3.63) is 41.2 Å². The molecular weight excluding hydrogens is 238 g/mol. The SMILES string of the molecule is COCCNc1nc(C)cn1-c1cccc(C)c1C. The number of hydrogen-bond donors (Lipinski definition) is 1. The van der Waals surface area contributed by atoms with Gasteiger partial charge in [0.1, 0.15) is 0 Å². The molecule has 102 valence electrons. The van der Waals surface area contributed by atoms with Crippen molar-refractivity contribution in [1.29, 1.82) is 0 Å². The molecule has 0 radical (unpaired) electrons. The maximum Gasteiger partial charge on any atom is 0.207 e. The van der Waals surface area contributed by atoms with Crippen LogP contribution in [0.15, 0.2) is 24.4 Å². The molecule has 0 fully saturated rings. The highest BCUT2D eigenvalue weighted by atomic mass is 16.5. The third-order valence-electron chi connectivity index (χ3n) is 3.25. The molecule has 0 aliphatic carbocycles. The van der Waals surface area contributed by atoms with E-state index in [0.717, 1.165) is 18.2 Å². The lowest BCUT2D eigenvalue weighted by Gasteiger charge is -2.13. The van der Waals surface area contributed by atoms with E-state index in [1.807, 2.05) is 6.92 Å². The lowest BCUT2D eigenvalue weighted by molar-refractivity contribution is 0.210. The summed E-state index contributed by atoms with van der Waals surface area (Å²) in [5.41, 5.74) is 4.72. The molecule has 1 heterocycles. The van der Waals surface area contributed by atoms with Crippen LogP contribution in [0.1, 0.15) is 16.8 Å². The molecule has 4 nitrogen and oxygen atoms in total. The quantitative estimate of drug-likeness (QED) is 0.839. The van der Waals surface area contributed by atoms with E-state index in [2.05, 4.69) is 53.1 Å². The lowest BCUT2D eigenvalue weighted by Crippen LogP contribution is -2.12. The molecule has 2 rings (SSSR count). The number of hydrogen-bond acceptors (Lipinski definition) is 3. The van der Waals surface area contributed by atoms with Crippen LogP contribution in [0.25, 0.3) is 5.69 Å². The van der Waals surface area contributed by atoms with Crippen molar-refractivity contribution in [3.8, 4) is 5.69 Å². The van der Waals surface area contributed by atoms with Crippen molar-refractivity contribution >= 4 is 5.95 Å². The largest absolute Gasteiger partial charge is 0.383 e. The number of anilines is 1. The second kappa shape index (κ2) is 5.89. The number of nitrogens with zero attached hydrogens (tertiary/aromatic N) is 2. The number of methoxy groups -OCH3 is 1. The van der Waals surface area contributed by atoms with Crippen LogP contribution in [0.5, 0.6) is 0 Å². The summed E-state index contributed by atoms with van der Waals surface area (Å²) in [6.07, 6.45) is 2.05. The van der Waals surface area contributed by atoms with Crippen LogP contribution in [0, 0.1) is 20.8 Å². The maximum atomic E-state index is 5.06. The smallest absolute Gasteiger partial charge is 0.207 e. The van der Waals surface area contributed by atoms with E-state index >= 15 is 0 Å². The Labute approximate surface area is 114 Å². The van der Waals surface area contributed by atoms with Crippen LogP contribution >= 0.6 is 0 Å². The summed E-state index contributed by atoms with van der Waals surface area (Å²) in [5, 5.41) is 3.31. The Hall–Kier alpha value is -1.81. The van der Waals surface area contributed by atoms with Gasteiger partial charge in [0, 0.05) is 19.9 Å². The summed E-state index contributed by atoms with van der Waals surface area (Å²) >= 11 is 0. The summed E-state index contributed by atoms with van der Waals surface area (Å²) < 4.78 is 7.16. The van der Waals surface area contributed by atoms with Gasteiger partial charge in [-0.2, -0.15) is 0 Å². The molecule has 0 unspecified atom stereocenters. The van der Waals surface area contributed by atoms with E-state index < -0.39 is 0 Å². The van der Waals surface area contributed by atoms with Gasteiger partial charge in [0.15, 0.2) is 0 Å². The second-order valence-electron chi connectivity index (χ2n) is 4.71. The summed E-state index contributed by atoms with van der Waals surface area (Å²) in [4.78, 5) is 4.53. The van der Waals surface area contributed by atoms with Crippen LogP contribution in [0.3, 0.4) is 0 Å². The molecule has 1 aromatic carbocycles. The van der Waals surface area contributed by atoms with Crippen molar-refractivity contribution in [2.24, 2.45) is 0 Å². The van der Waals surface area contributed by atoms with Crippen molar-refractivity contribution < 1.29 is 4.74 Å². The van der Waals surface area contributed by atoms with Gasteiger partial charge in [-0.25, -0.2) is 4.98 Å². The highest BCUT2D eigenvalue weighted by Crippen LogP contribution is 2.22. The van der Waals surface area contributed by atoms with E-state index in [0.29, 0.717) is 6.61 Å². The topological polar surface area (TPSA) is 39.1 Å². The Balaban J connectivity index is 2.35. The Morgan fingerprint density at radius 3 is 2.79 bits per heavy atom. The van der Waals surface area contributed by atoms with Crippen LogP contribution in [-0.4, -0.2) is 29.8 Å². The van der Waals surface area contributed by atoms with E-state index in [1.54, 1.807) is 7.11 Å². The zero-order valence-electron chi connectivity index (χ0n) is 12.0. The minimum Gasteiger partial charge on any atom is -0.383 e. The Morgan fingerprint density at radius 2 is 2.05 bits per heavy atom. The molecule has 0 bridgehead atoms. The first kappa shape index (κ1) is 13.6. The Kier molecular flexibility index (Phi) is 4.22. The molecule has 0 spiro atoms. The highest BCUT2D eigenvalue weighted by Gasteiger charge is 2.09. The summed E-state index contributed by atoms with van der Waals surface area (Å²) in [6, 6.07) is 6.32. The molecule has 19 heavy (non-hydrogen) atoms. The van der Waals surface area contributed by atoms with Gasteiger partial charge in [0.25, 0.3) is 0 Å². The minimum absolute atomic E-state index is 0.665. The zero-order valence-corrected chi connectivity index (χ0v) is 12.0. The number of rotatable bonds is 5. The standard InChI is InChI=1S/C15H21N3O/c1-11-6-5-7-14(13(11)3)18-10-12(2)17-15(18)16-8-9-19-4/h5-7,10H,8-9H2,1-4H3,(H,16,17). The van der Waals surface area contributed by atoms with Crippen molar-refractivity contribution in [2.75, 3.05) is 25.6 Å². The third-order valence-corrected chi connectivity index (χ3v) is 3.25. The fourth-order valence-electron chi connectivity index (χ4n) is 2.07. The third kappa shape index (κ3) is 2.96. The molecule has 0 atom stereocenters. The lowest BCUT2D eigenvalue weighted by atomic mass is 10.1. The number of benzene rings is 1. The molecule has 0 aliphatic heterocycles. The minimum atomic E-state index is 0.665. The van der Waals surface area contributed by atoms with Gasteiger partial charge in [0.2, 0.25) is 5.95 Å². The number of imidazole rings is 1. The number of ether oxygens (including phenoxy) is 1. The van der Waals surface area contributed by atoms with Gasteiger partial charge < -0.3 is 10.1 Å². The molecule has 0 amide bonds. The van der Waals surface area contributed by atoms with Crippen LogP contribution in [0.4, 0.5) is 5.95 Å². The molecule has 1 N–H and O–H groups in total. The molecule has 4 heteroatoms. The molecule has 2 aromatic rings. The Morgan fingerprint density at radius 1 is 1.26 bits per heavy atom. The molecule has 0 saturated heterocycles. The van der Waals surface area contributed by atoms with Gasteiger partial charge in [0.05, 0.1) is 18.0 Å². The number of nitrogens with one attached hydrogen (secondary N) is 1. The van der Waals surface area contributed by atoms with Gasteiger partial charge >= 0.3 is 0 Å². The van der Waals surface area contributed by atoms with Crippen LogP contribution in [0.2, 0.25) is 0 Å². The van der Waals surface area contributed by atoms with Gasteiger partial charge in [-0.3, -0.25) is 4.57 Å². The average molecular weight is 259 g/mol. The predicted molar refractivity (Wildman–Crippen MR) is 78.1 cm³/mol. The molecule has 1 aromatic heterocycles. The fraction of sp³-hybridized carbons (Fsp3) is 0.400. The van der Waals surface area contributed by atoms with E-state index in [9.17, 15) is 0 Å². The first-order valence-corrected chi connectivity index (χ1v) is 6.49. The number of aromatic nitrogens is 2. The molecular formula is C15H21N3O. The number of aryl methyl sites for hydroxylation is 2. The normalized spacial score (nSPS) is 10.7. The van der Waals surface area contributed by atoms with E-state index in [-0.39, 0.29) is 0 Å². The predicted octanol–water partition coefficient (Wildman–Crippen LogP) is 2.86. The van der Waals surface area contributed by atoms with Gasteiger partial charge in [-0.05, 0) is 38.0 Å². The average Bonchev–Trinajstić information content (AvgIpc) is 2.74. The van der Waals surface area contributed by atoms with Crippen molar-refractivity contribution in [2.45, 2.75) is 20.8 Å². The van der Waals surface area contributed by atoms with E-state index in [4.69, 9.17) is 4.74 Å². The zero-order chi connectivity index (χ0) is 13.8. The second-order valence-corrected chi connectivity index (χ2v) is 4.71. The summed E-state index contributed by atoms with van der Waals surface area (Å²) in [7, 11) is 1.70. The maximum absolute atomic E-state index is 5.06. The van der Waals surface area contributed by atoms with Gasteiger partial charge in [-0.1, -0.05) is 12.1 Å². The first-order valence-electron chi connectivity index (χ1n) is 6.49. The van der Waals surface area contributed by atoms with Crippen LogP contribution in [-0.2, 0) is 4.74 Å². The summed E-state index contributed by atoms with van der Waals surface area (Å²) in [5.74, 6) is 0.864. The first-order chi connectivity index (χ1) is 9.13. The van der Waals surface area contributed by atoms with E-state index in [1.165, 1.54) is 16.8 Å². The van der Waals surface area contributed by atoms with Crippen molar-refractivity contribution in [3.63, 3.8) is 0 Å². The Bertz CT molecular complexity index is 561. The summed E-state index contributed by atoms with van der Waals surface area (Å²) in [6.45, 7) is 7.68. The van der Waals surface area contributed by atoms with Crippen molar-refractivity contribution in [1.82, 2.24) is 9.55 Å². The monoisotopic (exact) mass is 259 g/mol. The highest BCUT2D eigenvalue weighted by molar-refractivity contribution is 5.50. The molecule has 0 aliphatic rings. The fourth-order valence-corrected chi connectivity index (χ4v) is 2.07. The van der Waals surface area contributed by atoms with Gasteiger partial charge in [-0.15, -0.1) is 0 Å². The molecule has 0 saturated carbocycles.